The second-order valence-corrected chi connectivity index (χ2v) is 8.27. The van der Waals surface area contributed by atoms with Crippen molar-refractivity contribution in [3.8, 4) is 0 Å². The van der Waals surface area contributed by atoms with Crippen molar-refractivity contribution in [2.75, 3.05) is 5.75 Å². The van der Waals surface area contributed by atoms with Gasteiger partial charge in [0.1, 0.15) is 11.4 Å². The number of amides is 2. The van der Waals surface area contributed by atoms with Crippen molar-refractivity contribution >= 4 is 23.6 Å². The molecule has 3 unspecified atom stereocenters. The van der Waals surface area contributed by atoms with E-state index < -0.39 is 6.04 Å². The number of carbonyl (C=O) groups is 2. The van der Waals surface area contributed by atoms with Crippen LogP contribution in [-0.2, 0) is 9.59 Å². The van der Waals surface area contributed by atoms with Gasteiger partial charge in [-0.05, 0) is 18.1 Å². The molecule has 2 aromatic carbocycles. The van der Waals surface area contributed by atoms with Crippen molar-refractivity contribution in [1.29, 1.82) is 0 Å². The van der Waals surface area contributed by atoms with Crippen LogP contribution in [0.25, 0.3) is 0 Å². The zero-order chi connectivity index (χ0) is 19.4. The minimum atomic E-state index is -0.457. The summed E-state index contributed by atoms with van der Waals surface area (Å²) in [5, 5.41) is 2.97. The maximum absolute atomic E-state index is 13.0. The van der Waals surface area contributed by atoms with Crippen LogP contribution < -0.4 is 5.32 Å². The molecule has 4 nitrogen and oxygen atoms in total. The summed E-state index contributed by atoms with van der Waals surface area (Å²) in [6.07, 6.45) is 0. The fourth-order valence-electron chi connectivity index (χ4n) is 3.28. The largest absolute Gasteiger partial charge is 0.348 e. The van der Waals surface area contributed by atoms with Crippen molar-refractivity contribution in [3.05, 3.63) is 71.8 Å². The van der Waals surface area contributed by atoms with E-state index in [0.29, 0.717) is 5.75 Å². The summed E-state index contributed by atoms with van der Waals surface area (Å²) < 4.78 is 0. The van der Waals surface area contributed by atoms with E-state index in [1.54, 1.807) is 16.7 Å². The summed E-state index contributed by atoms with van der Waals surface area (Å²) >= 11 is 1.65. The van der Waals surface area contributed by atoms with Crippen LogP contribution in [0.2, 0.25) is 0 Å². The van der Waals surface area contributed by atoms with Crippen LogP contribution in [0.4, 0.5) is 0 Å². The molecule has 2 amide bonds. The Labute approximate surface area is 165 Å². The van der Waals surface area contributed by atoms with Crippen LogP contribution in [0.3, 0.4) is 0 Å². The molecule has 0 radical (unpaired) electrons. The summed E-state index contributed by atoms with van der Waals surface area (Å²) in [4.78, 5) is 27.7. The first kappa shape index (κ1) is 19.5. The van der Waals surface area contributed by atoms with E-state index in [1.807, 2.05) is 81.4 Å². The van der Waals surface area contributed by atoms with Gasteiger partial charge in [-0.1, -0.05) is 74.5 Å². The highest BCUT2D eigenvalue weighted by molar-refractivity contribution is 7.99. The van der Waals surface area contributed by atoms with E-state index in [1.165, 1.54) is 0 Å². The Bertz CT molecular complexity index is 779. The van der Waals surface area contributed by atoms with Gasteiger partial charge in [0.15, 0.2) is 0 Å². The molecule has 1 aliphatic heterocycles. The predicted molar refractivity (Wildman–Crippen MR) is 110 cm³/mol. The van der Waals surface area contributed by atoms with Crippen molar-refractivity contribution in [1.82, 2.24) is 10.2 Å². The Balaban J connectivity index is 1.80. The molecule has 1 N–H and O–H groups in total. The lowest BCUT2D eigenvalue weighted by Crippen LogP contribution is -2.49. The molecule has 5 heteroatoms. The van der Waals surface area contributed by atoms with Crippen LogP contribution in [0.5, 0.6) is 0 Å². The number of nitrogens with zero attached hydrogens (tertiary/aromatic N) is 1. The molecule has 2 aromatic rings. The fourth-order valence-corrected chi connectivity index (χ4v) is 4.72. The molecule has 0 aliphatic carbocycles. The zero-order valence-corrected chi connectivity index (χ0v) is 16.8. The second-order valence-electron chi connectivity index (χ2n) is 7.15. The smallest absolute Gasteiger partial charge is 0.244 e. The topological polar surface area (TPSA) is 49.4 Å². The highest BCUT2D eigenvalue weighted by Gasteiger charge is 2.43. The molecular weight excluding hydrogens is 356 g/mol. The lowest BCUT2D eigenvalue weighted by atomic mass is 10.1. The third kappa shape index (κ3) is 4.35. The molecule has 142 valence electrons. The van der Waals surface area contributed by atoms with Crippen LogP contribution in [0.1, 0.15) is 43.3 Å². The molecule has 3 rings (SSSR count). The molecule has 1 fully saturated rings. The number of hydrogen-bond acceptors (Lipinski definition) is 3. The Morgan fingerprint density at radius 3 is 2.19 bits per heavy atom. The minimum Gasteiger partial charge on any atom is -0.348 e. The molecule has 1 aliphatic rings. The number of nitrogens with one attached hydrogen (secondary N) is 1. The quantitative estimate of drug-likeness (QED) is 0.845. The SMILES string of the molecule is CC(C)C(=O)N1C(C(=O)NC(C)c2ccccc2)CSC1c1ccccc1. The average Bonchev–Trinajstić information content (AvgIpc) is 3.13. The first-order chi connectivity index (χ1) is 13.0. The van der Waals surface area contributed by atoms with Gasteiger partial charge in [0, 0.05) is 11.7 Å². The van der Waals surface area contributed by atoms with E-state index >= 15 is 0 Å². The van der Waals surface area contributed by atoms with Crippen molar-refractivity contribution in [2.24, 2.45) is 5.92 Å². The molecule has 0 bridgehead atoms. The standard InChI is InChI=1S/C22H26N2O2S/c1-15(2)21(26)24-19(14-27-22(24)18-12-8-5-9-13-18)20(25)23-16(3)17-10-6-4-7-11-17/h4-13,15-16,19,22H,14H2,1-3H3,(H,23,25). The number of hydrogen-bond donors (Lipinski definition) is 1. The normalized spacial score (nSPS) is 20.5. The summed E-state index contributed by atoms with van der Waals surface area (Å²) in [6, 6.07) is 19.3. The van der Waals surface area contributed by atoms with Crippen LogP contribution >= 0.6 is 11.8 Å². The van der Waals surface area contributed by atoms with Gasteiger partial charge in [0.05, 0.1) is 6.04 Å². The van der Waals surface area contributed by atoms with E-state index in [2.05, 4.69) is 5.32 Å². The van der Waals surface area contributed by atoms with Crippen molar-refractivity contribution in [2.45, 2.75) is 38.2 Å². The molecule has 3 atom stereocenters. The first-order valence-electron chi connectivity index (χ1n) is 9.33. The van der Waals surface area contributed by atoms with Gasteiger partial charge in [-0.2, -0.15) is 0 Å². The number of carbonyl (C=O) groups excluding carboxylic acids is 2. The van der Waals surface area contributed by atoms with Crippen LogP contribution in [-0.4, -0.2) is 28.5 Å². The molecule has 1 heterocycles. The maximum Gasteiger partial charge on any atom is 0.244 e. The number of benzene rings is 2. The third-order valence-corrected chi connectivity index (χ3v) is 6.12. The maximum atomic E-state index is 13.0. The molecule has 1 saturated heterocycles. The summed E-state index contributed by atoms with van der Waals surface area (Å²) in [5.41, 5.74) is 2.11. The van der Waals surface area contributed by atoms with Crippen LogP contribution in [0, 0.1) is 5.92 Å². The fraction of sp³-hybridized carbons (Fsp3) is 0.364. The summed E-state index contributed by atoms with van der Waals surface area (Å²) in [7, 11) is 0. The lowest BCUT2D eigenvalue weighted by molar-refractivity contribution is -0.142. The number of thioether (sulfide) groups is 1. The molecule has 27 heavy (non-hydrogen) atoms. The van der Waals surface area contributed by atoms with E-state index in [9.17, 15) is 9.59 Å². The van der Waals surface area contributed by atoms with Crippen molar-refractivity contribution in [3.63, 3.8) is 0 Å². The van der Waals surface area contributed by atoms with E-state index in [0.717, 1.165) is 11.1 Å². The van der Waals surface area contributed by atoms with Gasteiger partial charge in [0.25, 0.3) is 0 Å². The van der Waals surface area contributed by atoms with Gasteiger partial charge >= 0.3 is 0 Å². The average molecular weight is 383 g/mol. The molecule has 0 aromatic heterocycles. The Morgan fingerprint density at radius 1 is 1.00 bits per heavy atom. The lowest BCUT2D eigenvalue weighted by Gasteiger charge is -2.31. The summed E-state index contributed by atoms with van der Waals surface area (Å²) in [5.74, 6) is 0.371. The Hall–Kier alpha value is -2.27. The third-order valence-electron chi connectivity index (χ3n) is 4.79. The van der Waals surface area contributed by atoms with Gasteiger partial charge < -0.3 is 10.2 Å². The van der Waals surface area contributed by atoms with Gasteiger partial charge in [0.2, 0.25) is 11.8 Å². The Kier molecular flexibility index (Phi) is 6.22. The van der Waals surface area contributed by atoms with Crippen LogP contribution in [0.15, 0.2) is 60.7 Å². The minimum absolute atomic E-state index is 0.0152. The predicted octanol–water partition coefficient (Wildman–Crippen LogP) is 4.16. The Morgan fingerprint density at radius 2 is 1.59 bits per heavy atom. The highest BCUT2D eigenvalue weighted by atomic mass is 32.2. The highest BCUT2D eigenvalue weighted by Crippen LogP contribution is 2.42. The zero-order valence-electron chi connectivity index (χ0n) is 16.0. The van der Waals surface area contributed by atoms with E-state index in [4.69, 9.17) is 0 Å². The van der Waals surface area contributed by atoms with Gasteiger partial charge in [-0.3, -0.25) is 9.59 Å². The summed E-state index contributed by atoms with van der Waals surface area (Å²) in [6.45, 7) is 5.74. The monoisotopic (exact) mass is 382 g/mol. The van der Waals surface area contributed by atoms with Gasteiger partial charge in [-0.15, -0.1) is 11.8 Å². The number of rotatable bonds is 5. The second kappa shape index (κ2) is 8.61. The molecular formula is C22H26N2O2S. The molecule has 0 spiro atoms. The molecule has 0 saturated carbocycles. The van der Waals surface area contributed by atoms with Gasteiger partial charge in [-0.25, -0.2) is 0 Å². The van der Waals surface area contributed by atoms with Crippen molar-refractivity contribution < 1.29 is 9.59 Å². The van der Waals surface area contributed by atoms with E-state index in [-0.39, 0.29) is 29.1 Å². The first-order valence-corrected chi connectivity index (χ1v) is 10.4.